The smallest absolute Gasteiger partial charge is 0.222 e. The fraction of sp³-hybridized carbons (Fsp3) is 0.913. The highest BCUT2D eigenvalue weighted by Crippen LogP contribution is 2.18. The van der Waals surface area contributed by atoms with Crippen LogP contribution in [0.1, 0.15) is 71.1 Å². The molecule has 3 aliphatic heterocycles. The molecular formula is C23H42N4O3. The minimum atomic E-state index is 0.298. The number of rotatable bonds is 8. The summed E-state index contributed by atoms with van der Waals surface area (Å²) in [6.45, 7) is 9.10. The molecule has 0 aromatic rings. The Morgan fingerprint density at radius 2 is 2.00 bits per heavy atom. The normalized spacial score (nSPS) is 24.8. The number of piperidine rings is 1. The third-order valence-corrected chi connectivity index (χ3v) is 6.39. The van der Waals surface area contributed by atoms with Gasteiger partial charge in [-0.1, -0.05) is 6.42 Å². The minimum Gasteiger partial charge on any atom is -0.376 e. The van der Waals surface area contributed by atoms with Crippen molar-refractivity contribution >= 4 is 11.9 Å². The van der Waals surface area contributed by atoms with Gasteiger partial charge in [0.2, 0.25) is 5.91 Å². The van der Waals surface area contributed by atoms with E-state index in [1.54, 1.807) is 0 Å². The second-order valence-electron chi connectivity index (χ2n) is 8.79. The number of hydrogen-bond acceptors (Lipinski definition) is 4. The molecule has 0 aromatic carbocycles. The molecule has 3 heterocycles. The van der Waals surface area contributed by atoms with Crippen LogP contribution in [0.2, 0.25) is 0 Å². The van der Waals surface area contributed by atoms with Gasteiger partial charge in [-0.2, -0.15) is 0 Å². The van der Waals surface area contributed by atoms with E-state index in [1.807, 2.05) is 4.90 Å². The highest BCUT2D eigenvalue weighted by molar-refractivity contribution is 5.80. The van der Waals surface area contributed by atoms with Crippen molar-refractivity contribution in [2.75, 3.05) is 52.5 Å². The van der Waals surface area contributed by atoms with Crippen LogP contribution < -0.4 is 5.32 Å². The number of aliphatic imine (C=N–C) groups is 1. The molecular weight excluding hydrogens is 380 g/mol. The maximum absolute atomic E-state index is 12.1. The Bertz CT molecular complexity index is 529. The summed E-state index contributed by atoms with van der Waals surface area (Å²) >= 11 is 0. The van der Waals surface area contributed by atoms with E-state index in [4.69, 9.17) is 14.5 Å². The van der Waals surface area contributed by atoms with E-state index < -0.39 is 0 Å². The number of ether oxygens (including phenoxy) is 2. The zero-order valence-corrected chi connectivity index (χ0v) is 18.9. The third kappa shape index (κ3) is 7.73. The van der Waals surface area contributed by atoms with Crippen LogP contribution in [-0.4, -0.2) is 86.4 Å². The quantitative estimate of drug-likeness (QED) is 0.370. The van der Waals surface area contributed by atoms with Gasteiger partial charge in [-0.3, -0.25) is 9.79 Å². The standard InChI is InChI=1S/C23H42N4O3/c1-2-24-23(25-13-8-15-26-14-6-3-4-10-22(26)28)27-16-11-20(12-17-27)30-19-21-9-5-7-18-29-21/h20-21H,2-19H2,1H3,(H,24,25). The first kappa shape index (κ1) is 23.3. The Kier molecular flexibility index (Phi) is 10.2. The van der Waals surface area contributed by atoms with Crippen molar-refractivity contribution in [2.45, 2.75) is 83.3 Å². The molecule has 0 aromatic heterocycles. The van der Waals surface area contributed by atoms with E-state index in [2.05, 4.69) is 17.1 Å². The van der Waals surface area contributed by atoms with Gasteiger partial charge in [-0.05, 0) is 58.3 Å². The largest absolute Gasteiger partial charge is 0.376 e. The SMILES string of the molecule is CCNC(=NCCCN1CCCCCC1=O)N1CCC(OCC2CCCCO2)CC1. The summed E-state index contributed by atoms with van der Waals surface area (Å²) in [6, 6.07) is 0. The van der Waals surface area contributed by atoms with Gasteiger partial charge >= 0.3 is 0 Å². The van der Waals surface area contributed by atoms with Crippen molar-refractivity contribution in [2.24, 2.45) is 4.99 Å². The summed E-state index contributed by atoms with van der Waals surface area (Å²) in [6.07, 6.45) is 11.3. The molecule has 3 saturated heterocycles. The summed E-state index contributed by atoms with van der Waals surface area (Å²) in [5.74, 6) is 1.33. The zero-order valence-electron chi connectivity index (χ0n) is 18.9. The van der Waals surface area contributed by atoms with E-state index in [0.717, 1.165) is 103 Å². The van der Waals surface area contributed by atoms with Gasteiger partial charge in [0.25, 0.3) is 0 Å². The monoisotopic (exact) mass is 422 g/mol. The van der Waals surface area contributed by atoms with Crippen LogP contribution >= 0.6 is 0 Å². The molecule has 0 bridgehead atoms. The van der Waals surface area contributed by atoms with Crippen molar-refractivity contribution in [1.29, 1.82) is 0 Å². The summed E-state index contributed by atoms with van der Waals surface area (Å²) in [5.41, 5.74) is 0. The van der Waals surface area contributed by atoms with Gasteiger partial charge in [-0.25, -0.2) is 0 Å². The van der Waals surface area contributed by atoms with Gasteiger partial charge in [0.05, 0.1) is 18.8 Å². The van der Waals surface area contributed by atoms with Gasteiger partial charge in [0.15, 0.2) is 5.96 Å². The molecule has 1 unspecified atom stereocenters. The number of carbonyl (C=O) groups is 1. The van der Waals surface area contributed by atoms with E-state index in [-0.39, 0.29) is 0 Å². The first-order valence-electron chi connectivity index (χ1n) is 12.3. The number of carbonyl (C=O) groups excluding carboxylic acids is 1. The van der Waals surface area contributed by atoms with Crippen molar-refractivity contribution in [3.8, 4) is 0 Å². The summed E-state index contributed by atoms with van der Waals surface area (Å²) in [4.78, 5) is 21.4. The third-order valence-electron chi connectivity index (χ3n) is 6.39. The fourth-order valence-corrected chi connectivity index (χ4v) is 4.56. The molecule has 0 spiro atoms. The summed E-state index contributed by atoms with van der Waals surface area (Å²) in [7, 11) is 0. The Morgan fingerprint density at radius 3 is 2.77 bits per heavy atom. The lowest BCUT2D eigenvalue weighted by Gasteiger charge is -2.35. The van der Waals surface area contributed by atoms with Crippen LogP contribution in [0.5, 0.6) is 0 Å². The number of guanidine groups is 1. The predicted octanol–water partition coefficient (Wildman–Crippen LogP) is 2.79. The molecule has 3 rings (SSSR count). The maximum Gasteiger partial charge on any atom is 0.222 e. The molecule has 7 nitrogen and oxygen atoms in total. The molecule has 3 fully saturated rings. The molecule has 7 heteroatoms. The molecule has 3 aliphatic rings. The number of hydrogen-bond donors (Lipinski definition) is 1. The van der Waals surface area contributed by atoms with Gasteiger partial charge < -0.3 is 24.6 Å². The molecule has 1 N–H and O–H groups in total. The average molecular weight is 423 g/mol. The van der Waals surface area contributed by atoms with Gasteiger partial charge in [0.1, 0.15) is 0 Å². The van der Waals surface area contributed by atoms with Crippen molar-refractivity contribution in [3.63, 3.8) is 0 Å². The molecule has 1 atom stereocenters. The highest BCUT2D eigenvalue weighted by Gasteiger charge is 2.24. The lowest BCUT2D eigenvalue weighted by molar-refractivity contribution is -0.130. The lowest BCUT2D eigenvalue weighted by atomic mass is 10.1. The number of likely N-dealkylation sites (tertiary alicyclic amines) is 2. The Hall–Kier alpha value is -1.34. The average Bonchev–Trinajstić information content (AvgIpc) is 2.99. The van der Waals surface area contributed by atoms with Crippen LogP contribution in [0.15, 0.2) is 4.99 Å². The lowest BCUT2D eigenvalue weighted by Crippen LogP contribution is -2.47. The van der Waals surface area contributed by atoms with Gasteiger partial charge in [-0.15, -0.1) is 0 Å². The van der Waals surface area contributed by atoms with Crippen LogP contribution in [0, 0.1) is 0 Å². The van der Waals surface area contributed by atoms with E-state index in [1.165, 1.54) is 19.3 Å². The van der Waals surface area contributed by atoms with E-state index >= 15 is 0 Å². The summed E-state index contributed by atoms with van der Waals surface area (Å²) in [5, 5.41) is 3.44. The predicted molar refractivity (Wildman–Crippen MR) is 120 cm³/mol. The van der Waals surface area contributed by atoms with Crippen LogP contribution in [-0.2, 0) is 14.3 Å². The van der Waals surface area contributed by atoms with Gasteiger partial charge in [0, 0.05) is 52.3 Å². The fourth-order valence-electron chi connectivity index (χ4n) is 4.56. The minimum absolute atomic E-state index is 0.298. The van der Waals surface area contributed by atoms with Crippen molar-refractivity contribution < 1.29 is 14.3 Å². The number of nitrogens with zero attached hydrogens (tertiary/aromatic N) is 3. The molecule has 30 heavy (non-hydrogen) atoms. The van der Waals surface area contributed by atoms with Crippen LogP contribution in [0.25, 0.3) is 0 Å². The molecule has 0 saturated carbocycles. The number of amides is 1. The van der Waals surface area contributed by atoms with Crippen molar-refractivity contribution in [3.05, 3.63) is 0 Å². The first-order chi connectivity index (χ1) is 14.8. The van der Waals surface area contributed by atoms with E-state index in [0.29, 0.717) is 18.1 Å². The topological polar surface area (TPSA) is 66.4 Å². The molecule has 172 valence electrons. The molecule has 1 amide bonds. The molecule has 0 radical (unpaired) electrons. The second kappa shape index (κ2) is 13.2. The maximum atomic E-state index is 12.1. The Balaban J connectivity index is 1.37. The van der Waals surface area contributed by atoms with Crippen molar-refractivity contribution in [1.82, 2.24) is 15.1 Å². The molecule has 0 aliphatic carbocycles. The number of nitrogens with one attached hydrogen (secondary N) is 1. The summed E-state index contributed by atoms with van der Waals surface area (Å²) < 4.78 is 11.9. The van der Waals surface area contributed by atoms with Crippen LogP contribution in [0.3, 0.4) is 0 Å². The first-order valence-corrected chi connectivity index (χ1v) is 12.3. The Labute approximate surface area is 182 Å². The zero-order chi connectivity index (χ0) is 21.0. The highest BCUT2D eigenvalue weighted by atomic mass is 16.5. The Morgan fingerprint density at radius 1 is 1.13 bits per heavy atom. The second-order valence-corrected chi connectivity index (χ2v) is 8.79. The van der Waals surface area contributed by atoms with Crippen LogP contribution in [0.4, 0.5) is 0 Å². The van der Waals surface area contributed by atoms with E-state index in [9.17, 15) is 4.79 Å².